The predicted molar refractivity (Wildman–Crippen MR) is 212 cm³/mol. The van der Waals surface area contributed by atoms with Crippen LogP contribution in [0, 0.1) is 0 Å². The van der Waals surface area contributed by atoms with Gasteiger partial charge >= 0.3 is 18.3 Å². The average Bonchev–Trinajstić information content (AvgIpc) is 3.07. The van der Waals surface area contributed by atoms with Gasteiger partial charge < -0.3 is 62.1 Å². The molecule has 0 rings (SSSR count). The minimum Gasteiger partial charge on any atom is -0.444 e. The summed E-state index contributed by atoms with van der Waals surface area (Å²) in [5.41, 5.74) is -2.27. The maximum Gasteiger partial charge on any atom is 0.407 e. The molecule has 0 bridgehead atoms. The van der Waals surface area contributed by atoms with Gasteiger partial charge in [0.05, 0.1) is 6.54 Å². The summed E-state index contributed by atoms with van der Waals surface area (Å²) in [5, 5.41) is 22.4. The highest BCUT2D eigenvalue weighted by atomic mass is 16.6. The van der Waals surface area contributed by atoms with Crippen LogP contribution in [0.2, 0.25) is 0 Å². The molecule has 0 radical (unpaired) electrons. The fourth-order valence-electron chi connectivity index (χ4n) is 4.58. The fraction of sp³-hybridized carbons (Fsp3) is 0.757. The molecule has 0 aliphatic carbocycles. The quantitative estimate of drug-likeness (QED) is 0.0560. The molecule has 4 unspecified atom stereocenters. The SMILES string of the molecule is CCC(NC(=O)CCCNC(=O)OC(C)(C)C)C(=O)NC(CCNC(=O)OC(C)(C)C)C(=O)NCC(=O)NC(CCNC(=O)OC(C)(C)C)C(=O)NC(C)C(=O)NC. The Labute approximate surface area is 341 Å². The predicted octanol–water partition coefficient (Wildman–Crippen LogP) is 0.352. The van der Waals surface area contributed by atoms with Gasteiger partial charge in [-0.15, -0.1) is 0 Å². The molecule has 0 aliphatic rings. The summed E-state index contributed by atoms with van der Waals surface area (Å²) in [4.78, 5) is 114. The molecule has 332 valence electrons. The Balaban J connectivity index is 5.72. The Bertz CT molecular complexity index is 1420. The van der Waals surface area contributed by atoms with Crippen LogP contribution in [0.25, 0.3) is 0 Å². The smallest absolute Gasteiger partial charge is 0.407 e. The van der Waals surface area contributed by atoms with Crippen molar-refractivity contribution >= 4 is 53.7 Å². The van der Waals surface area contributed by atoms with Gasteiger partial charge in [0.1, 0.15) is 41.0 Å². The molecule has 0 aromatic carbocycles. The fourth-order valence-corrected chi connectivity index (χ4v) is 4.58. The monoisotopic (exact) mass is 829 g/mol. The topological polar surface area (TPSA) is 290 Å². The van der Waals surface area contributed by atoms with E-state index in [1.54, 1.807) is 69.2 Å². The maximum atomic E-state index is 13.4. The summed E-state index contributed by atoms with van der Waals surface area (Å²) in [7, 11) is 1.39. The number of nitrogens with one attached hydrogen (secondary N) is 9. The molecule has 0 heterocycles. The molecule has 9 N–H and O–H groups in total. The zero-order valence-corrected chi connectivity index (χ0v) is 36.1. The molecule has 0 saturated carbocycles. The molecular weight excluding hydrogens is 762 g/mol. The Morgan fingerprint density at radius 3 is 1.34 bits per heavy atom. The van der Waals surface area contributed by atoms with Crippen LogP contribution in [0.3, 0.4) is 0 Å². The van der Waals surface area contributed by atoms with Crippen LogP contribution in [0.1, 0.15) is 108 Å². The summed E-state index contributed by atoms with van der Waals surface area (Å²) in [6, 6.07) is -4.60. The highest BCUT2D eigenvalue weighted by Gasteiger charge is 2.29. The average molecular weight is 830 g/mol. The second-order valence-corrected chi connectivity index (χ2v) is 16.2. The summed E-state index contributed by atoms with van der Waals surface area (Å²) in [6.07, 6.45) is -2.06. The van der Waals surface area contributed by atoms with Gasteiger partial charge in [-0.25, -0.2) is 14.4 Å². The molecule has 0 aliphatic heterocycles. The lowest BCUT2D eigenvalue weighted by molar-refractivity contribution is -0.133. The van der Waals surface area contributed by atoms with E-state index < -0.39 is 101 Å². The molecule has 9 amide bonds. The Morgan fingerprint density at radius 2 is 0.914 bits per heavy atom. The van der Waals surface area contributed by atoms with Crippen LogP contribution in [-0.2, 0) is 43.0 Å². The second-order valence-electron chi connectivity index (χ2n) is 16.2. The van der Waals surface area contributed by atoms with Crippen LogP contribution >= 0.6 is 0 Å². The third-order valence-corrected chi connectivity index (χ3v) is 7.22. The van der Waals surface area contributed by atoms with Crippen LogP contribution in [0.5, 0.6) is 0 Å². The molecule has 0 aromatic rings. The summed E-state index contributed by atoms with van der Waals surface area (Å²) in [6.45, 7) is 17.5. The Morgan fingerprint density at radius 1 is 0.500 bits per heavy atom. The lowest BCUT2D eigenvalue weighted by Crippen LogP contribution is -2.56. The molecule has 4 atom stereocenters. The molecule has 21 heteroatoms. The third-order valence-electron chi connectivity index (χ3n) is 7.22. The number of likely N-dealkylation sites (N-methyl/N-ethyl adjacent to an activating group) is 1. The summed E-state index contributed by atoms with van der Waals surface area (Å²) in [5.74, 6) is -4.10. The van der Waals surface area contributed by atoms with E-state index >= 15 is 0 Å². The van der Waals surface area contributed by atoms with E-state index in [1.165, 1.54) is 14.0 Å². The minimum absolute atomic E-state index is 0.0286. The van der Waals surface area contributed by atoms with Gasteiger partial charge in [-0.3, -0.25) is 28.8 Å². The van der Waals surface area contributed by atoms with Crippen molar-refractivity contribution in [3.05, 3.63) is 0 Å². The lowest BCUT2D eigenvalue weighted by atomic mass is 10.1. The number of ether oxygens (including phenoxy) is 3. The van der Waals surface area contributed by atoms with Crippen molar-refractivity contribution < 1.29 is 57.4 Å². The van der Waals surface area contributed by atoms with Gasteiger partial charge in [0, 0.05) is 33.1 Å². The van der Waals surface area contributed by atoms with Gasteiger partial charge in [-0.05, 0) is 94.9 Å². The first kappa shape index (κ1) is 52.6. The van der Waals surface area contributed by atoms with E-state index in [4.69, 9.17) is 14.2 Å². The van der Waals surface area contributed by atoms with E-state index in [0.29, 0.717) is 0 Å². The van der Waals surface area contributed by atoms with Crippen LogP contribution < -0.4 is 47.9 Å². The van der Waals surface area contributed by atoms with E-state index in [2.05, 4.69) is 47.9 Å². The van der Waals surface area contributed by atoms with Gasteiger partial charge in [0.2, 0.25) is 35.4 Å². The van der Waals surface area contributed by atoms with E-state index in [0.717, 1.165) is 0 Å². The first-order valence-electron chi connectivity index (χ1n) is 19.3. The standard InChI is InChI=1S/C37H67N9O12/c1-13-23(44-26(47)15-14-18-39-32(53)56-35(3,4)5)30(51)46-24(16-19-40-33(54)57-36(6,7)8)29(50)42-21-27(48)45-25(31(52)43-22(2)28(49)38-12)17-20-41-34(55)58-37(9,10)11/h22-25H,13-21H2,1-12H3,(H,38,49)(H,39,53)(H,40,54)(H,41,55)(H,42,50)(H,43,52)(H,44,47)(H,45,48)(H,46,51). The van der Waals surface area contributed by atoms with E-state index in [1.807, 2.05) is 0 Å². The Kier molecular flexibility index (Phi) is 22.8. The van der Waals surface area contributed by atoms with Gasteiger partial charge in [0.15, 0.2) is 0 Å². The van der Waals surface area contributed by atoms with Crippen LogP contribution in [0.15, 0.2) is 0 Å². The van der Waals surface area contributed by atoms with Crippen LogP contribution in [0.4, 0.5) is 14.4 Å². The first-order chi connectivity index (χ1) is 26.7. The van der Waals surface area contributed by atoms with Crippen LogP contribution in [-0.4, -0.2) is 128 Å². The van der Waals surface area contributed by atoms with Gasteiger partial charge in [0.25, 0.3) is 0 Å². The maximum absolute atomic E-state index is 13.4. The number of hydrogen-bond donors (Lipinski definition) is 9. The van der Waals surface area contributed by atoms with E-state index in [-0.39, 0.29) is 51.7 Å². The van der Waals surface area contributed by atoms with Gasteiger partial charge in [-0.1, -0.05) is 6.92 Å². The van der Waals surface area contributed by atoms with Gasteiger partial charge in [-0.2, -0.15) is 0 Å². The molecule has 21 nitrogen and oxygen atoms in total. The van der Waals surface area contributed by atoms with Crippen molar-refractivity contribution in [1.29, 1.82) is 0 Å². The molecule has 0 aromatic heterocycles. The lowest BCUT2D eigenvalue weighted by Gasteiger charge is -2.24. The normalized spacial score (nSPS) is 13.4. The third kappa shape index (κ3) is 25.7. The number of carbonyl (C=O) groups excluding carboxylic acids is 9. The molecule has 58 heavy (non-hydrogen) atoms. The number of alkyl carbamates (subject to hydrolysis) is 3. The number of hydrogen-bond acceptors (Lipinski definition) is 12. The highest BCUT2D eigenvalue weighted by Crippen LogP contribution is 2.09. The highest BCUT2D eigenvalue weighted by molar-refractivity contribution is 5.95. The minimum atomic E-state index is -1.32. The van der Waals surface area contributed by atoms with Crippen molar-refractivity contribution in [2.75, 3.05) is 33.2 Å². The van der Waals surface area contributed by atoms with Crippen molar-refractivity contribution in [3.8, 4) is 0 Å². The summed E-state index contributed by atoms with van der Waals surface area (Å²) < 4.78 is 15.6. The molecule has 0 fully saturated rings. The number of carbonyl (C=O) groups is 9. The zero-order valence-electron chi connectivity index (χ0n) is 36.1. The molecule has 0 saturated heterocycles. The Hall–Kier alpha value is -5.37. The molecular formula is C37H67N9O12. The molecule has 0 spiro atoms. The zero-order chi connectivity index (χ0) is 44.9. The largest absolute Gasteiger partial charge is 0.444 e. The number of rotatable bonds is 21. The number of amides is 9. The second kappa shape index (κ2) is 25.1. The van der Waals surface area contributed by atoms with E-state index in [9.17, 15) is 43.2 Å². The first-order valence-corrected chi connectivity index (χ1v) is 19.3. The van der Waals surface area contributed by atoms with Crippen molar-refractivity contribution in [3.63, 3.8) is 0 Å². The summed E-state index contributed by atoms with van der Waals surface area (Å²) >= 11 is 0. The van der Waals surface area contributed by atoms with Crippen molar-refractivity contribution in [2.45, 2.75) is 149 Å². The van der Waals surface area contributed by atoms with Crippen molar-refractivity contribution in [2.24, 2.45) is 0 Å². The van der Waals surface area contributed by atoms with Crippen molar-refractivity contribution in [1.82, 2.24) is 47.9 Å².